The number of esters is 2. The van der Waals surface area contributed by atoms with Crippen LogP contribution in [0.5, 0.6) is 0 Å². The fourth-order valence-corrected chi connectivity index (χ4v) is 20.8. The summed E-state index contributed by atoms with van der Waals surface area (Å²) < 4.78 is 52.0. The van der Waals surface area contributed by atoms with Crippen LogP contribution in [0.1, 0.15) is 105 Å². The third-order valence-electron chi connectivity index (χ3n) is 22.9. The van der Waals surface area contributed by atoms with Crippen molar-refractivity contribution in [1.82, 2.24) is 9.62 Å². The minimum absolute atomic E-state index is 0.0193. The molecule has 14 aliphatic rings. The number of carbonyl (C=O) groups excluding carboxylic acids is 6. The molecule has 1 aromatic rings. The van der Waals surface area contributed by atoms with Crippen molar-refractivity contribution < 1.29 is 81.5 Å². The second kappa shape index (κ2) is 18.2. The molecule has 0 unspecified atom stereocenters. The largest absolute Gasteiger partial charge is 0.460 e. The summed E-state index contributed by atoms with van der Waals surface area (Å²) in [6, 6.07) is 4.77. The first-order valence-electron chi connectivity index (χ1n) is 28.6. The number of aliphatic hydroxyl groups is 4. The van der Waals surface area contributed by atoms with Gasteiger partial charge < -0.3 is 44.7 Å². The summed E-state index contributed by atoms with van der Waals surface area (Å²) in [5.74, 6) is -11.4. The molecule has 6 aliphatic heterocycles. The van der Waals surface area contributed by atoms with E-state index >= 15 is 0 Å². The molecule has 8 bridgehead atoms. The Balaban J connectivity index is 0.000000166. The molecule has 8 saturated carbocycles. The molecule has 6 heterocycles. The molecule has 15 rings (SSSR count). The van der Waals surface area contributed by atoms with Gasteiger partial charge in [0.2, 0.25) is 21.6 Å². The molecule has 0 amide bonds. The number of nitro benzene ring substituents is 1. The Bertz CT molecular complexity index is 3060. The number of non-ortho nitro benzene ring substituents is 1. The maximum Gasteiger partial charge on any atom is 0.309 e. The summed E-state index contributed by atoms with van der Waals surface area (Å²) in [6.07, 6.45) is -0.216. The van der Waals surface area contributed by atoms with Gasteiger partial charge in [0.05, 0.1) is 45.7 Å². The smallest absolute Gasteiger partial charge is 0.309 e. The van der Waals surface area contributed by atoms with Crippen LogP contribution in [0.3, 0.4) is 0 Å². The van der Waals surface area contributed by atoms with Gasteiger partial charge in [-0.25, -0.2) is 8.42 Å². The zero-order valence-electron chi connectivity index (χ0n) is 45.7. The van der Waals surface area contributed by atoms with E-state index in [1.165, 1.54) is 22.5 Å². The monoisotopic (exact) mass is 1130 g/mol. The average molecular weight is 1130 g/mol. The topological polar surface area (TPSA) is 313 Å². The Morgan fingerprint density at radius 3 is 1.59 bits per heavy atom. The van der Waals surface area contributed by atoms with Gasteiger partial charge >= 0.3 is 11.9 Å². The van der Waals surface area contributed by atoms with Gasteiger partial charge in [0.15, 0.2) is 11.6 Å². The molecule has 6 saturated heterocycles. The molecule has 0 radical (unpaired) electrons. The van der Waals surface area contributed by atoms with Crippen molar-refractivity contribution in [1.29, 1.82) is 0 Å². The van der Waals surface area contributed by atoms with Crippen LogP contribution in [0.4, 0.5) is 5.69 Å². The van der Waals surface area contributed by atoms with E-state index in [0.29, 0.717) is 76.5 Å². The van der Waals surface area contributed by atoms with E-state index in [1.807, 2.05) is 27.7 Å². The highest BCUT2D eigenvalue weighted by atomic mass is 32.2. The molecule has 434 valence electrons. The van der Waals surface area contributed by atoms with Crippen LogP contribution < -0.4 is 5.32 Å². The van der Waals surface area contributed by atoms with Gasteiger partial charge in [-0.15, -0.1) is 0 Å². The van der Waals surface area contributed by atoms with E-state index in [1.54, 1.807) is 0 Å². The van der Waals surface area contributed by atoms with Crippen LogP contribution in [-0.4, -0.2) is 149 Å². The molecule has 16 atom stereocenters. The number of nitrogens with zero attached hydrogens (tertiary/aromatic N) is 2. The van der Waals surface area contributed by atoms with Crippen LogP contribution in [0, 0.1) is 89.9 Å². The molecule has 0 aromatic heterocycles. The standard InChI is InChI=1S/C32H38N2O11S.C26H35NO7/c1-17-21-7-8-22-30-16-44-32(39,26(37)24(30)29(2,3)12-9-23(30)35)31(22,25(17)36)27(21)45-28(38)18-10-13-33(14-11-18)46(42,43)20-6-4-5-19(15-20)34(40)41;1-13-15-4-5-16-24-12-33-26(32,20(30)18(24)23(2,3)9-6-17(24)28)25(16,19(13)29)21(15)34-22(31)14-7-10-27-11-8-14/h4-6,15,18,21-22,24,26-27,37,39H,1,7-14,16H2,2-3H3;14-16,18,20-21,27,30,32H,1,4-12H2,2-3H3/t21-,22-,24+,26-,27+,30+,31-,32-;15-,16-,18+,20-,21+,24+,25-,26-/m00/s1. The SMILES string of the molecule is C=C1C(=O)[C@]23[C@H](OC(=O)C4CCN(S(=O)(=O)c5cccc([N+](=O)[O-])c5)CC4)[C@H]1CC[C@H]2[C@@]12CO[C@@]3(O)[C@@H](O)[C@@H]1C(C)(C)CCC2=O.C=C1C(=O)[C@]23[C@H](OC(=O)C4CCNCC4)[C@H]1CC[C@H]2[C@@]12CO[C@@]3(O)[C@@H](O)[C@@H]1C(C)(C)CCC2=O. The molecule has 14 fully saturated rings. The average Bonchev–Trinajstić information content (AvgIpc) is 1.54. The van der Waals surface area contributed by atoms with Crippen molar-refractivity contribution in [2.75, 3.05) is 39.4 Å². The second-order valence-corrected chi connectivity index (χ2v) is 28.7. The van der Waals surface area contributed by atoms with Crippen molar-refractivity contribution in [2.45, 2.75) is 146 Å². The molecule has 80 heavy (non-hydrogen) atoms. The number of nitrogens with one attached hydrogen (secondary N) is 1. The minimum Gasteiger partial charge on any atom is -0.460 e. The Morgan fingerprint density at radius 2 is 1.15 bits per heavy atom. The Kier molecular flexibility index (Phi) is 12.7. The van der Waals surface area contributed by atoms with Crippen LogP contribution in [0.2, 0.25) is 0 Å². The van der Waals surface area contributed by atoms with Crippen LogP contribution >= 0.6 is 0 Å². The van der Waals surface area contributed by atoms with E-state index in [9.17, 15) is 67.7 Å². The van der Waals surface area contributed by atoms with Crippen molar-refractivity contribution in [3.63, 3.8) is 0 Å². The Hall–Kier alpha value is -4.65. The molecule has 8 aliphatic carbocycles. The normalized spacial score (nSPS) is 44.2. The van der Waals surface area contributed by atoms with Crippen molar-refractivity contribution in [3.05, 3.63) is 58.7 Å². The molecule has 1 aromatic carbocycles. The number of benzene rings is 1. The van der Waals surface area contributed by atoms with Crippen molar-refractivity contribution in [3.8, 4) is 0 Å². The summed E-state index contributed by atoms with van der Waals surface area (Å²) in [5.41, 5.74) is -6.81. The highest BCUT2D eigenvalue weighted by molar-refractivity contribution is 7.89. The highest BCUT2D eigenvalue weighted by Crippen LogP contribution is 2.78. The number of Topliss-reactive ketones (excluding diaryl/α,β-unsaturated/α-hetero) is 4. The number of hydrogen-bond donors (Lipinski definition) is 5. The summed E-state index contributed by atoms with van der Waals surface area (Å²) in [5, 5.41) is 62.4. The molecular formula is C58H73N3O18S. The quantitative estimate of drug-likeness (QED) is 0.113. The zero-order valence-corrected chi connectivity index (χ0v) is 46.5. The van der Waals surface area contributed by atoms with E-state index in [-0.39, 0.29) is 85.2 Å². The van der Waals surface area contributed by atoms with Crippen molar-refractivity contribution >= 4 is 50.8 Å². The lowest BCUT2D eigenvalue weighted by Gasteiger charge is -2.73. The van der Waals surface area contributed by atoms with E-state index in [0.717, 1.165) is 6.07 Å². The molecule has 4 spiro atoms. The van der Waals surface area contributed by atoms with Gasteiger partial charge in [0, 0.05) is 61.7 Å². The summed E-state index contributed by atoms with van der Waals surface area (Å²) >= 11 is 0. The van der Waals surface area contributed by atoms with Crippen LogP contribution in [-0.2, 0) is 57.7 Å². The van der Waals surface area contributed by atoms with Gasteiger partial charge in [0.1, 0.15) is 46.8 Å². The maximum atomic E-state index is 14.3. The second-order valence-electron chi connectivity index (χ2n) is 26.8. The first-order chi connectivity index (χ1) is 37.6. The van der Waals surface area contributed by atoms with E-state index < -0.39 is 142 Å². The van der Waals surface area contributed by atoms with Gasteiger partial charge in [0.25, 0.3) is 5.69 Å². The molecule has 21 nitrogen and oxygen atoms in total. The van der Waals surface area contributed by atoms with Gasteiger partial charge in [-0.2, -0.15) is 4.31 Å². The molecule has 5 N–H and O–H groups in total. The Morgan fingerprint density at radius 1 is 0.713 bits per heavy atom. The predicted molar refractivity (Wildman–Crippen MR) is 277 cm³/mol. The molecule has 22 heteroatoms. The van der Waals surface area contributed by atoms with Crippen LogP contribution in [0.25, 0.3) is 0 Å². The lowest BCUT2D eigenvalue weighted by atomic mass is 9.36. The van der Waals surface area contributed by atoms with Gasteiger partial charge in [-0.05, 0) is 117 Å². The summed E-state index contributed by atoms with van der Waals surface area (Å²) in [4.78, 5) is 93.3. The zero-order chi connectivity index (χ0) is 57.4. The number of nitro groups is 1. The summed E-state index contributed by atoms with van der Waals surface area (Å²) in [7, 11) is -4.07. The van der Waals surface area contributed by atoms with Crippen molar-refractivity contribution in [2.24, 2.45) is 79.8 Å². The first-order valence-corrected chi connectivity index (χ1v) is 30.0. The number of carbonyl (C=O) groups is 6. The predicted octanol–water partition coefficient (Wildman–Crippen LogP) is 3.28. The fourth-order valence-electron chi connectivity index (χ4n) is 19.3. The first kappa shape index (κ1) is 55.9. The highest BCUT2D eigenvalue weighted by Gasteiger charge is 2.90. The number of ketones is 4. The third kappa shape index (κ3) is 6.82. The van der Waals surface area contributed by atoms with E-state index in [4.69, 9.17) is 18.9 Å². The fraction of sp³-hybridized carbons (Fsp3) is 0.724. The minimum atomic E-state index is -4.07. The lowest BCUT2D eigenvalue weighted by Crippen LogP contribution is -2.85. The number of aliphatic hydroxyl groups excluding tert-OH is 2. The number of rotatable bonds is 7. The third-order valence-corrected chi connectivity index (χ3v) is 24.7. The Labute approximate surface area is 463 Å². The lowest BCUT2D eigenvalue weighted by molar-refractivity contribution is -0.437. The van der Waals surface area contributed by atoms with Crippen LogP contribution in [0.15, 0.2) is 53.5 Å². The molecular weight excluding hydrogens is 1060 g/mol. The maximum absolute atomic E-state index is 14.3. The summed E-state index contributed by atoms with van der Waals surface area (Å²) in [6.45, 7) is 17.2. The van der Waals surface area contributed by atoms with E-state index in [2.05, 4.69) is 18.5 Å². The van der Waals surface area contributed by atoms with Gasteiger partial charge in [-0.1, -0.05) is 46.9 Å². The number of piperidine rings is 2. The number of ether oxygens (including phenoxy) is 4. The number of sulfonamides is 1. The number of fused-ring (bicyclic) bond motifs is 4. The van der Waals surface area contributed by atoms with Gasteiger partial charge in [-0.3, -0.25) is 38.9 Å². The number of hydrogen-bond acceptors (Lipinski definition) is 19.